The summed E-state index contributed by atoms with van der Waals surface area (Å²) in [5.41, 5.74) is 3.19. The number of β-amino-alcohol motifs (C(OH)–C–C–N with tert-alkyl or cyclic N) is 1. The second-order valence-corrected chi connectivity index (χ2v) is 13.2. The van der Waals surface area contributed by atoms with E-state index in [1.54, 1.807) is 18.5 Å². The number of rotatable bonds is 10. The zero-order valence-electron chi connectivity index (χ0n) is 25.7. The lowest BCUT2D eigenvalue weighted by Gasteiger charge is -2.35. The van der Waals surface area contributed by atoms with E-state index in [0.717, 1.165) is 62.1 Å². The number of aliphatic hydroxyl groups excluding tert-OH is 1. The zero-order valence-corrected chi connectivity index (χ0v) is 26.5. The SMILES string of the molecule is CC(C)(C)C(=O)N1CCC(Cc2cc(C(=O)NC[C@H](O)CN3CCc4c(ccc(OCc5cnco5)c4Cl)C3)ccn2)CC1. The number of fused-ring (bicyclic) bond motifs is 1. The summed E-state index contributed by atoms with van der Waals surface area (Å²) in [6, 6.07) is 7.40. The first kappa shape index (κ1) is 31.9. The topological polar surface area (TPSA) is 121 Å². The molecule has 10 nitrogen and oxygen atoms in total. The number of benzene rings is 1. The minimum absolute atomic E-state index is 0.148. The van der Waals surface area contributed by atoms with Crippen LogP contribution in [0.3, 0.4) is 0 Å². The van der Waals surface area contributed by atoms with Gasteiger partial charge in [0.15, 0.2) is 12.2 Å². The van der Waals surface area contributed by atoms with Crippen LogP contribution in [0.4, 0.5) is 0 Å². The average molecular weight is 624 g/mol. The van der Waals surface area contributed by atoms with E-state index in [-0.39, 0.29) is 30.4 Å². The lowest BCUT2D eigenvalue weighted by Crippen LogP contribution is -2.44. The molecule has 0 aliphatic carbocycles. The van der Waals surface area contributed by atoms with E-state index in [9.17, 15) is 14.7 Å². The molecule has 11 heteroatoms. The van der Waals surface area contributed by atoms with Crippen molar-refractivity contribution >= 4 is 23.4 Å². The third-order valence-electron chi connectivity index (χ3n) is 8.32. The fourth-order valence-electron chi connectivity index (χ4n) is 5.89. The highest BCUT2D eigenvalue weighted by Gasteiger charge is 2.30. The van der Waals surface area contributed by atoms with Crippen LogP contribution in [0.2, 0.25) is 5.02 Å². The Hall–Kier alpha value is -3.47. The number of oxazole rings is 1. The van der Waals surface area contributed by atoms with Gasteiger partial charge in [0.25, 0.3) is 5.91 Å². The van der Waals surface area contributed by atoms with Crippen LogP contribution in [0.1, 0.15) is 66.6 Å². The standard InChI is InChI=1S/C33H42ClN5O5/c1-33(2,3)32(42)39-12-7-22(8-13-39)14-25-15-23(6-10-36-25)31(41)37-16-26(40)19-38-11-9-28-24(18-38)4-5-29(30(28)34)43-20-27-17-35-21-44-27/h4-6,10,15,17,21-22,26,40H,7-9,11-14,16,18-20H2,1-3H3,(H,37,41)/t26-/m0/s1. The predicted molar refractivity (Wildman–Crippen MR) is 166 cm³/mol. The first-order valence-corrected chi connectivity index (χ1v) is 15.7. The minimum Gasteiger partial charge on any atom is -0.484 e. The molecule has 3 aromatic rings. The van der Waals surface area contributed by atoms with Crippen molar-refractivity contribution < 1.29 is 23.8 Å². The smallest absolute Gasteiger partial charge is 0.251 e. The van der Waals surface area contributed by atoms with Crippen molar-refractivity contribution in [3.8, 4) is 5.75 Å². The van der Waals surface area contributed by atoms with Crippen LogP contribution in [0.5, 0.6) is 5.75 Å². The van der Waals surface area contributed by atoms with Crippen molar-refractivity contribution in [2.24, 2.45) is 11.3 Å². The summed E-state index contributed by atoms with van der Waals surface area (Å²) in [6.07, 6.45) is 7.29. The normalized spacial score (nSPS) is 16.8. The number of pyridine rings is 1. The van der Waals surface area contributed by atoms with Gasteiger partial charge in [0.05, 0.1) is 17.3 Å². The Morgan fingerprint density at radius 1 is 1.20 bits per heavy atom. The van der Waals surface area contributed by atoms with Gasteiger partial charge in [-0.25, -0.2) is 4.98 Å². The molecule has 2 amide bonds. The molecule has 2 aliphatic heterocycles. The Morgan fingerprint density at radius 3 is 2.73 bits per heavy atom. The number of nitrogens with one attached hydrogen (secondary N) is 1. The van der Waals surface area contributed by atoms with Gasteiger partial charge in [-0.3, -0.25) is 19.5 Å². The molecule has 1 atom stereocenters. The number of halogens is 1. The Bertz CT molecular complexity index is 1430. The number of likely N-dealkylation sites (tertiary alicyclic amines) is 1. The van der Waals surface area contributed by atoms with E-state index in [0.29, 0.717) is 41.1 Å². The van der Waals surface area contributed by atoms with Crippen LogP contribution in [0, 0.1) is 11.3 Å². The Balaban J connectivity index is 1.06. The van der Waals surface area contributed by atoms with Gasteiger partial charge >= 0.3 is 0 Å². The molecule has 2 N–H and O–H groups in total. The molecule has 0 spiro atoms. The van der Waals surface area contributed by atoms with E-state index in [1.807, 2.05) is 43.9 Å². The Kier molecular flexibility index (Phi) is 10.2. The van der Waals surface area contributed by atoms with Gasteiger partial charge in [0.1, 0.15) is 12.4 Å². The lowest BCUT2D eigenvalue weighted by molar-refractivity contribution is -0.140. The van der Waals surface area contributed by atoms with Crippen molar-refractivity contribution in [2.45, 2.75) is 65.7 Å². The monoisotopic (exact) mass is 623 g/mol. The number of aromatic nitrogens is 2. The number of carbonyl (C=O) groups excluding carboxylic acids is 2. The van der Waals surface area contributed by atoms with Crippen LogP contribution in [0.25, 0.3) is 0 Å². The predicted octanol–water partition coefficient (Wildman–Crippen LogP) is 4.28. The number of piperidine rings is 1. The molecule has 0 bridgehead atoms. The molecular formula is C33H42ClN5O5. The van der Waals surface area contributed by atoms with Gasteiger partial charge in [-0.1, -0.05) is 38.4 Å². The summed E-state index contributed by atoms with van der Waals surface area (Å²) in [6.45, 7) is 9.61. The van der Waals surface area contributed by atoms with Crippen LogP contribution in [-0.2, 0) is 30.8 Å². The van der Waals surface area contributed by atoms with Crippen molar-refractivity contribution in [1.82, 2.24) is 25.1 Å². The van der Waals surface area contributed by atoms with Crippen molar-refractivity contribution in [1.29, 1.82) is 0 Å². The molecule has 236 valence electrons. The molecule has 0 saturated carbocycles. The quantitative estimate of drug-likeness (QED) is 0.343. The van der Waals surface area contributed by atoms with Crippen LogP contribution in [0.15, 0.2) is 47.5 Å². The maximum Gasteiger partial charge on any atom is 0.251 e. The van der Waals surface area contributed by atoms with E-state index >= 15 is 0 Å². The Morgan fingerprint density at radius 2 is 2.00 bits per heavy atom. The summed E-state index contributed by atoms with van der Waals surface area (Å²) >= 11 is 6.66. The number of hydrogen-bond acceptors (Lipinski definition) is 8. The van der Waals surface area contributed by atoms with Gasteiger partial charge in [-0.2, -0.15) is 0 Å². The molecule has 2 aromatic heterocycles. The summed E-state index contributed by atoms with van der Waals surface area (Å²) in [5, 5.41) is 14.2. The van der Waals surface area contributed by atoms with E-state index in [2.05, 4.69) is 20.2 Å². The fraction of sp³-hybridized carbons (Fsp3) is 0.515. The third-order valence-corrected chi connectivity index (χ3v) is 8.73. The van der Waals surface area contributed by atoms with Gasteiger partial charge in [0.2, 0.25) is 5.91 Å². The summed E-state index contributed by atoms with van der Waals surface area (Å²) in [7, 11) is 0. The van der Waals surface area contributed by atoms with Gasteiger partial charge in [-0.15, -0.1) is 0 Å². The molecule has 44 heavy (non-hydrogen) atoms. The molecule has 1 fully saturated rings. The highest BCUT2D eigenvalue weighted by atomic mass is 35.5. The molecule has 1 aromatic carbocycles. The first-order valence-electron chi connectivity index (χ1n) is 15.3. The molecular weight excluding hydrogens is 582 g/mol. The lowest BCUT2D eigenvalue weighted by atomic mass is 9.89. The minimum atomic E-state index is -0.720. The highest BCUT2D eigenvalue weighted by molar-refractivity contribution is 6.33. The maximum absolute atomic E-state index is 12.9. The van der Waals surface area contributed by atoms with Crippen molar-refractivity contribution in [3.05, 3.63) is 76.2 Å². The van der Waals surface area contributed by atoms with Crippen LogP contribution >= 0.6 is 11.6 Å². The Labute approximate surface area is 263 Å². The summed E-state index contributed by atoms with van der Waals surface area (Å²) < 4.78 is 11.0. The van der Waals surface area contributed by atoms with E-state index in [4.69, 9.17) is 20.8 Å². The van der Waals surface area contributed by atoms with Crippen molar-refractivity contribution in [2.75, 3.05) is 32.7 Å². The van der Waals surface area contributed by atoms with Crippen LogP contribution in [-0.4, -0.2) is 75.5 Å². The molecule has 5 rings (SSSR count). The number of hydrogen-bond donors (Lipinski definition) is 2. The molecule has 0 unspecified atom stereocenters. The van der Waals surface area contributed by atoms with Gasteiger partial charge in [0, 0.05) is 62.1 Å². The summed E-state index contributed by atoms with van der Waals surface area (Å²) in [5.74, 6) is 1.62. The number of amides is 2. The second-order valence-electron chi connectivity index (χ2n) is 12.8. The molecule has 1 saturated heterocycles. The number of nitrogens with zero attached hydrogens (tertiary/aromatic N) is 4. The third kappa shape index (κ3) is 8.16. The van der Waals surface area contributed by atoms with Crippen molar-refractivity contribution in [3.63, 3.8) is 0 Å². The molecule has 2 aliphatic rings. The van der Waals surface area contributed by atoms with Crippen LogP contribution < -0.4 is 10.1 Å². The average Bonchev–Trinajstić information content (AvgIpc) is 3.53. The second kappa shape index (κ2) is 14.1. The maximum atomic E-state index is 12.9. The zero-order chi connectivity index (χ0) is 31.3. The first-order chi connectivity index (χ1) is 21.1. The van der Waals surface area contributed by atoms with E-state index < -0.39 is 6.10 Å². The molecule has 0 radical (unpaired) electrons. The number of aliphatic hydroxyl groups is 1. The fourth-order valence-corrected chi connectivity index (χ4v) is 6.23. The number of ether oxygens (including phenoxy) is 1. The summed E-state index contributed by atoms with van der Waals surface area (Å²) in [4.78, 5) is 38.0. The molecule has 4 heterocycles. The largest absolute Gasteiger partial charge is 0.484 e. The van der Waals surface area contributed by atoms with E-state index in [1.165, 1.54) is 6.39 Å². The highest BCUT2D eigenvalue weighted by Crippen LogP contribution is 2.34. The number of carbonyl (C=O) groups is 2. The van der Waals surface area contributed by atoms with Gasteiger partial charge in [-0.05, 0) is 60.9 Å². The van der Waals surface area contributed by atoms with Gasteiger partial charge < -0.3 is 24.5 Å².